The van der Waals surface area contributed by atoms with Crippen molar-refractivity contribution in [2.24, 2.45) is 0 Å². The van der Waals surface area contributed by atoms with Gasteiger partial charge in [0.05, 0.1) is 18.9 Å². The second kappa shape index (κ2) is 9.36. The molecule has 0 spiro atoms. The van der Waals surface area contributed by atoms with Gasteiger partial charge in [0.1, 0.15) is 17.5 Å². The normalized spacial score (nSPS) is 15.3. The van der Waals surface area contributed by atoms with E-state index in [1.807, 2.05) is 6.07 Å². The lowest BCUT2D eigenvalue weighted by molar-refractivity contribution is 0.382. The Labute approximate surface area is 179 Å². The molecule has 8 nitrogen and oxygen atoms in total. The van der Waals surface area contributed by atoms with Crippen molar-refractivity contribution in [3.63, 3.8) is 0 Å². The smallest absolute Gasteiger partial charge is 0.246 e. The van der Waals surface area contributed by atoms with Crippen LogP contribution in [0.25, 0.3) is 11.4 Å². The van der Waals surface area contributed by atoms with Crippen LogP contribution in [-0.4, -0.2) is 41.2 Å². The van der Waals surface area contributed by atoms with E-state index in [-0.39, 0.29) is 17.4 Å². The minimum absolute atomic E-state index is 0.126. The Balaban J connectivity index is 1.65. The lowest BCUT2D eigenvalue weighted by Crippen LogP contribution is -2.29. The molecule has 1 aliphatic heterocycles. The van der Waals surface area contributed by atoms with Crippen molar-refractivity contribution in [3.05, 3.63) is 54.2 Å². The molecule has 9 heteroatoms. The zero-order valence-corrected chi connectivity index (χ0v) is 16.9. The number of anilines is 1. The van der Waals surface area contributed by atoms with E-state index in [0.29, 0.717) is 35.2 Å². The molecule has 1 saturated heterocycles. The SMILES string of the molecule is COc1ccc(Oc2nc(-c3cncc(C#N)c3)ncc2NC[C@@H]2CCCN2)cc1F. The van der Waals surface area contributed by atoms with Crippen LogP contribution in [0.5, 0.6) is 17.4 Å². The average Bonchev–Trinajstić information content (AvgIpc) is 3.32. The maximum Gasteiger partial charge on any atom is 0.246 e. The van der Waals surface area contributed by atoms with E-state index in [0.717, 1.165) is 19.4 Å². The molecule has 2 N–H and O–H groups in total. The van der Waals surface area contributed by atoms with Crippen LogP contribution >= 0.6 is 0 Å². The zero-order valence-electron chi connectivity index (χ0n) is 16.9. The van der Waals surface area contributed by atoms with Crippen molar-refractivity contribution in [2.75, 3.05) is 25.5 Å². The maximum atomic E-state index is 14.1. The van der Waals surface area contributed by atoms with E-state index < -0.39 is 5.82 Å². The first-order valence-corrected chi connectivity index (χ1v) is 9.87. The Bertz CT molecular complexity index is 1110. The van der Waals surface area contributed by atoms with Gasteiger partial charge in [0, 0.05) is 36.6 Å². The number of ether oxygens (including phenoxy) is 2. The molecule has 0 saturated carbocycles. The predicted molar refractivity (Wildman–Crippen MR) is 113 cm³/mol. The number of pyridine rings is 1. The number of nitriles is 1. The molecule has 3 aromatic rings. The number of hydrogen-bond acceptors (Lipinski definition) is 8. The fraction of sp³-hybridized carbons (Fsp3) is 0.273. The quantitative estimate of drug-likeness (QED) is 0.598. The van der Waals surface area contributed by atoms with Gasteiger partial charge in [0.2, 0.25) is 5.88 Å². The number of rotatable bonds is 7. The minimum atomic E-state index is -0.537. The summed E-state index contributed by atoms with van der Waals surface area (Å²) in [7, 11) is 1.40. The summed E-state index contributed by atoms with van der Waals surface area (Å²) < 4.78 is 25.0. The van der Waals surface area contributed by atoms with Gasteiger partial charge in [-0.3, -0.25) is 4.98 Å². The van der Waals surface area contributed by atoms with Crippen molar-refractivity contribution in [2.45, 2.75) is 18.9 Å². The topological polar surface area (TPSA) is 105 Å². The Morgan fingerprint density at radius 3 is 2.94 bits per heavy atom. The largest absolute Gasteiger partial charge is 0.494 e. The van der Waals surface area contributed by atoms with Gasteiger partial charge >= 0.3 is 0 Å². The second-order valence-electron chi connectivity index (χ2n) is 7.06. The molecule has 1 fully saturated rings. The average molecular weight is 420 g/mol. The number of halogens is 1. The van der Waals surface area contributed by atoms with Crippen LogP contribution in [0.4, 0.5) is 10.1 Å². The van der Waals surface area contributed by atoms with Crippen LogP contribution in [0.3, 0.4) is 0 Å². The van der Waals surface area contributed by atoms with Crippen LogP contribution in [-0.2, 0) is 0 Å². The Morgan fingerprint density at radius 1 is 1.29 bits per heavy atom. The fourth-order valence-corrected chi connectivity index (χ4v) is 3.31. The predicted octanol–water partition coefficient (Wildman–Crippen LogP) is 3.51. The van der Waals surface area contributed by atoms with Crippen LogP contribution in [0.15, 0.2) is 42.9 Å². The summed E-state index contributed by atoms with van der Waals surface area (Å²) >= 11 is 0. The van der Waals surface area contributed by atoms with Crippen LogP contribution in [0.1, 0.15) is 18.4 Å². The van der Waals surface area contributed by atoms with Gasteiger partial charge in [0.15, 0.2) is 17.4 Å². The van der Waals surface area contributed by atoms with Crippen LogP contribution in [0.2, 0.25) is 0 Å². The van der Waals surface area contributed by atoms with E-state index in [9.17, 15) is 4.39 Å². The Hall–Kier alpha value is -3.77. The van der Waals surface area contributed by atoms with Gasteiger partial charge in [-0.05, 0) is 37.6 Å². The van der Waals surface area contributed by atoms with Crippen LogP contribution in [0, 0.1) is 17.1 Å². The highest BCUT2D eigenvalue weighted by molar-refractivity contribution is 5.61. The molecule has 2 aromatic heterocycles. The third-order valence-corrected chi connectivity index (χ3v) is 4.92. The monoisotopic (exact) mass is 420 g/mol. The van der Waals surface area contributed by atoms with Crippen molar-refractivity contribution in [3.8, 4) is 34.8 Å². The first-order valence-electron chi connectivity index (χ1n) is 9.87. The van der Waals surface area contributed by atoms with Crippen molar-refractivity contribution < 1.29 is 13.9 Å². The van der Waals surface area contributed by atoms with E-state index in [4.69, 9.17) is 14.7 Å². The van der Waals surface area contributed by atoms with Crippen molar-refractivity contribution >= 4 is 5.69 Å². The first kappa shape index (κ1) is 20.5. The number of benzene rings is 1. The standard InChI is InChI=1S/C22H21FN6O2/c1-30-20-5-4-17(8-18(20)23)31-22-19(27-12-16-3-2-6-26-16)13-28-21(29-22)15-7-14(9-24)10-25-11-15/h4-5,7-8,10-11,13,16,26-27H,2-3,6,12H2,1H3/t16-/m0/s1. The van der Waals surface area contributed by atoms with E-state index in [1.54, 1.807) is 24.5 Å². The number of nitrogens with one attached hydrogen (secondary N) is 2. The Kier molecular flexibility index (Phi) is 6.19. The number of aromatic nitrogens is 3. The molecular formula is C22H21FN6O2. The molecule has 1 atom stereocenters. The summed E-state index contributed by atoms with van der Waals surface area (Å²) in [6.45, 7) is 1.68. The summed E-state index contributed by atoms with van der Waals surface area (Å²) in [5.74, 6) is 0.451. The van der Waals surface area contributed by atoms with Crippen molar-refractivity contribution in [1.82, 2.24) is 20.3 Å². The van der Waals surface area contributed by atoms with Gasteiger partial charge in [-0.25, -0.2) is 9.37 Å². The van der Waals surface area contributed by atoms with Gasteiger partial charge in [-0.2, -0.15) is 10.2 Å². The molecule has 0 amide bonds. The highest BCUT2D eigenvalue weighted by Gasteiger charge is 2.17. The third kappa shape index (κ3) is 4.87. The summed E-state index contributed by atoms with van der Waals surface area (Å²) in [6.07, 6.45) is 6.87. The molecule has 31 heavy (non-hydrogen) atoms. The first-order chi connectivity index (χ1) is 15.2. The molecule has 3 heterocycles. The van der Waals surface area contributed by atoms with E-state index in [2.05, 4.69) is 25.6 Å². The molecule has 1 aliphatic rings. The molecule has 0 bridgehead atoms. The van der Waals surface area contributed by atoms with Gasteiger partial charge < -0.3 is 20.1 Å². The molecule has 0 unspecified atom stereocenters. The summed E-state index contributed by atoms with van der Waals surface area (Å²) in [5, 5.41) is 15.9. The molecular weight excluding hydrogens is 399 g/mol. The number of nitrogens with zero attached hydrogens (tertiary/aromatic N) is 4. The van der Waals surface area contributed by atoms with Crippen LogP contribution < -0.4 is 20.1 Å². The highest BCUT2D eigenvalue weighted by atomic mass is 19.1. The molecule has 0 aliphatic carbocycles. The van der Waals surface area contributed by atoms with E-state index >= 15 is 0 Å². The van der Waals surface area contributed by atoms with E-state index in [1.165, 1.54) is 25.4 Å². The summed E-state index contributed by atoms with van der Waals surface area (Å²) in [5.41, 5.74) is 1.56. The summed E-state index contributed by atoms with van der Waals surface area (Å²) in [4.78, 5) is 13.0. The molecule has 0 radical (unpaired) electrons. The molecule has 4 rings (SSSR count). The molecule has 158 valence electrons. The third-order valence-electron chi connectivity index (χ3n) is 4.92. The lowest BCUT2D eigenvalue weighted by Gasteiger charge is -2.16. The Morgan fingerprint density at radius 2 is 2.19 bits per heavy atom. The maximum absolute atomic E-state index is 14.1. The summed E-state index contributed by atoms with van der Waals surface area (Å²) in [6, 6.07) is 8.37. The zero-order chi connectivity index (χ0) is 21.6. The minimum Gasteiger partial charge on any atom is -0.494 e. The number of hydrogen-bond donors (Lipinski definition) is 2. The highest BCUT2D eigenvalue weighted by Crippen LogP contribution is 2.31. The lowest BCUT2D eigenvalue weighted by atomic mass is 10.2. The number of methoxy groups -OCH3 is 1. The second-order valence-corrected chi connectivity index (χ2v) is 7.06. The fourth-order valence-electron chi connectivity index (χ4n) is 3.31. The van der Waals surface area contributed by atoms with Crippen molar-refractivity contribution in [1.29, 1.82) is 5.26 Å². The van der Waals surface area contributed by atoms with Gasteiger partial charge in [0.25, 0.3) is 0 Å². The van der Waals surface area contributed by atoms with Gasteiger partial charge in [-0.1, -0.05) is 0 Å². The van der Waals surface area contributed by atoms with Gasteiger partial charge in [-0.15, -0.1) is 0 Å². The molecule has 1 aromatic carbocycles.